The number of amides is 1. The highest BCUT2D eigenvalue weighted by molar-refractivity contribution is 7.19. The molecule has 1 amide bonds. The quantitative estimate of drug-likeness (QED) is 0.306. The second kappa shape index (κ2) is 11.5. The molecule has 1 fully saturated rings. The third kappa shape index (κ3) is 5.72. The van der Waals surface area contributed by atoms with E-state index >= 15 is 0 Å². The molecule has 39 heavy (non-hydrogen) atoms. The van der Waals surface area contributed by atoms with Crippen molar-refractivity contribution in [3.8, 4) is 0 Å². The summed E-state index contributed by atoms with van der Waals surface area (Å²) in [4.78, 5) is 35.1. The number of fused-ring (bicyclic) bond motifs is 3. The zero-order valence-electron chi connectivity index (χ0n) is 21.2. The van der Waals surface area contributed by atoms with Gasteiger partial charge < -0.3 is 15.1 Å². The highest BCUT2D eigenvalue weighted by Gasteiger charge is 2.26. The number of nitrogens with zero attached hydrogens (tertiary/aromatic N) is 6. The molecule has 2 aliphatic heterocycles. The molecular formula is C28H27Cl2N7OS. The number of rotatable bonds is 6. The number of thiophene rings is 1. The van der Waals surface area contributed by atoms with E-state index in [4.69, 9.17) is 23.2 Å². The summed E-state index contributed by atoms with van der Waals surface area (Å²) in [5.41, 5.74) is 2.01. The molecule has 0 radical (unpaired) electrons. The van der Waals surface area contributed by atoms with Crippen LogP contribution in [0.1, 0.15) is 10.4 Å². The number of halogens is 2. The van der Waals surface area contributed by atoms with Gasteiger partial charge in [-0.05, 0) is 42.3 Å². The van der Waals surface area contributed by atoms with Gasteiger partial charge in [0, 0.05) is 62.1 Å². The first kappa shape index (κ1) is 26.0. The minimum absolute atomic E-state index is 0.0467. The lowest BCUT2D eigenvalue weighted by atomic mass is 10.0. The molecule has 0 bridgehead atoms. The van der Waals surface area contributed by atoms with Crippen molar-refractivity contribution >= 4 is 68.0 Å². The first-order valence-corrected chi connectivity index (χ1v) is 14.4. The summed E-state index contributed by atoms with van der Waals surface area (Å²) in [6, 6.07) is 11.4. The summed E-state index contributed by atoms with van der Waals surface area (Å²) < 4.78 is 0. The molecule has 0 atom stereocenters. The van der Waals surface area contributed by atoms with Gasteiger partial charge in [-0.1, -0.05) is 35.3 Å². The Morgan fingerprint density at radius 3 is 2.69 bits per heavy atom. The average Bonchev–Trinajstić information content (AvgIpc) is 3.35. The minimum atomic E-state index is 0.0467. The van der Waals surface area contributed by atoms with Gasteiger partial charge >= 0.3 is 0 Å². The van der Waals surface area contributed by atoms with Gasteiger partial charge in [0.1, 0.15) is 22.8 Å². The fourth-order valence-electron chi connectivity index (χ4n) is 5.03. The number of hydrogen-bond donors (Lipinski definition) is 1. The van der Waals surface area contributed by atoms with Gasteiger partial charge in [-0.25, -0.2) is 15.0 Å². The summed E-state index contributed by atoms with van der Waals surface area (Å²) in [6.45, 7) is 5.77. The molecule has 2 aliphatic rings. The number of carbonyl (C=O) groups is 1. The fourth-order valence-corrected chi connectivity index (χ4v) is 6.53. The molecule has 5 heterocycles. The van der Waals surface area contributed by atoms with Crippen LogP contribution in [0.2, 0.25) is 10.0 Å². The smallest absolute Gasteiger partial charge is 0.246 e. The predicted molar refractivity (Wildman–Crippen MR) is 158 cm³/mol. The maximum atomic E-state index is 13.0. The zero-order valence-corrected chi connectivity index (χ0v) is 23.5. The Hall–Kier alpha value is -3.24. The van der Waals surface area contributed by atoms with Crippen molar-refractivity contribution in [1.82, 2.24) is 24.8 Å². The Morgan fingerprint density at radius 2 is 1.90 bits per heavy atom. The summed E-state index contributed by atoms with van der Waals surface area (Å²) in [7, 11) is 0. The van der Waals surface area contributed by atoms with E-state index in [-0.39, 0.29) is 5.91 Å². The Balaban J connectivity index is 1.07. The van der Waals surface area contributed by atoms with Crippen LogP contribution in [0.3, 0.4) is 0 Å². The number of carbonyl (C=O) groups excluding carboxylic acids is 1. The second-order valence-electron chi connectivity index (χ2n) is 9.55. The Kier molecular flexibility index (Phi) is 7.65. The third-order valence-electron chi connectivity index (χ3n) is 7.10. The molecule has 1 saturated heterocycles. The second-order valence-corrected chi connectivity index (χ2v) is 11.4. The number of benzene rings is 1. The van der Waals surface area contributed by atoms with Crippen LogP contribution in [0.15, 0.2) is 61.1 Å². The molecule has 4 aromatic rings. The largest absolute Gasteiger partial charge is 0.354 e. The molecular weight excluding hydrogens is 553 g/mol. The van der Waals surface area contributed by atoms with E-state index in [2.05, 4.69) is 36.1 Å². The van der Waals surface area contributed by atoms with Crippen molar-refractivity contribution in [3.05, 3.63) is 81.6 Å². The standard InChI is InChI=1S/C28H27Cl2N7OS/c29-21-7-6-19(16-22(21)30)34-27-26-20-8-11-37(17-23(20)39-28(26)33-18-32-27)25(38)5-3-10-35-12-14-36(15-13-35)24-4-1-2-9-31-24/h1-7,9,16,18H,8,10-15,17H2,(H,32,33,34)/b5-3+. The fraction of sp³-hybridized carbons (Fsp3) is 0.286. The highest BCUT2D eigenvalue weighted by Crippen LogP contribution is 2.38. The molecule has 0 aliphatic carbocycles. The molecule has 0 saturated carbocycles. The van der Waals surface area contributed by atoms with Crippen molar-refractivity contribution in [2.24, 2.45) is 0 Å². The summed E-state index contributed by atoms with van der Waals surface area (Å²) >= 11 is 13.9. The maximum absolute atomic E-state index is 13.0. The van der Waals surface area contributed by atoms with Gasteiger partial charge in [0.05, 0.1) is 22.0 Å². The monoisotopic (exact) mass is 579 g/mol. The molecule has 11 heteroatoms. The van der Waals surface area contributed by atoms with Crippen molar-refractivity contribution in [2.45, 2.75) is 13.0 Å². The van der Waals surface area contributed by atoms with Crippen LogP contribution in [-0.2, 0) is 17.8 Å². The number of aromatic nitrogens is 3. The van der Waals surface area contributed by atoms with Gasteiger partial charge in [-0.2, -0.15) is 0 Å². The summed E-state index contributed by atoms with van der Waals surface area (Å²) in [5, 5.41) is 5.36. The van der Waals surface area contributed by atoms with Crippen LogP contribution in [0.4, 0.5) is 17.3 Å². The van der Waals surface area contributed by atoms with Crippen LogP contribution < -0.4 is 10.2 Å². The van der Waals surface area contributed by atoms with E-state index in [1.165, 1.54) is 5.56 Å². The number of piperazine rings is 1. The molecule has 8 nitrogen and oxygen atoms in total. The number of hydrogen-bond acceptors (Lipinski definition) is 8. The topological polar surface area (TPSA) is 77.5 Å². The SMILES string of the molecule is O=C(/C=C/CN1CCN(c2ccccn2)CC1)N1CCc2c(sc3ncnc(Nc4ccc(Cl)c(Cl)c4)c23)C1. The maximum Gasteiger partial charge on any atom is 0.246 e. The Labute approximate surface area is 240 Å². The van der Waals surface area contributed by atoms with Crippen molar-refractivity contribution in [1.29, 1.82) is 0 Å². The van der Waals surface area contributed by atoms with Crippen molar-refractivity contribution < 1.29 is 4.79 Å². The van der Waals surface area contributed by atoms with Gasteiger partial charge in [0.15, 0.2) is 0 Å². The van der Waals surface area contributed by atoms with Crippen LogP contribution in [0.5, 0.6) is 0 Å². The minimum Gasteiger partial charge on any atom is -0.354 e. The third-order valence-corrected chi connectivity index (χ3v) is 8.96. The van der Waals surface area contributed by atoms with E-state index < -0.39 is 0 Å². The highest BCUT2D eigenvalue weighted by atomic mass is 35.5. The van der Waals surface area contributed by atoms with Crippen LogP contribution >= 0.6 is 34.5 Å². The van der Waals surface area contributed by atoms with Crippen LogP contribution in [0, 0.1) is 0 Å². The van der Waals surface area contributed by atoms with Crippen LogP contribution in [-0.4, -0.2) is 69.9 Å². The number of nitrogens with one attached hydrogen (secondary N) is 1. The lowest BCUT2D eigenvalue weighted by molar-refractivity contribution is -0.126. The Bertz CT molecular complexity index is 1520. The number of anilines is 3. The van der Waals surface area contributed by atoms with Gasteiger partial charge in [-0.3, -0.25) is 9.69 Å². The lowest BCUT2D eigenvalue weighted by Gasteiger charge is -2.34. The summed E-state index contributed by atoms with van der Waals surface area (Å²) in [6.07, 6.45) is 7.86. The molecule has 1 N–H and O–H groups in total. The first-order valence-electron chi connectivity index (χ1n) is 12.9. The Morgan fingerprint density at radius 1 is 1.03 bits per heavy atom. The van der Waals surface area contributed by atoms with Crippen molar-refractivity contribution in [3.63, 3.8) is 0 Å². The van der Waals surface area contributed by atoms with Gasteiger partial charge in [0.25, 0.3) is 0 Å². The zero-order chi connectivity index (χ0) is 26.8. The molecule has 200 valence electrons. The normalized spacial score (nSPS) is 16.2. The molecule has 0 spiro atoms. The van der Waals surface area contributed by atoms with E-state index in [1.54, 1.807) is 35.9 Å². The lowest BCUT2D eigenvalue weighted by Crippen LogP contribution is -2.46. The number of pyridine rings is 1. The van der Waals surface area contributed by atoms with E-state index in [0.29, 0.717) is 23.1 Å². The summed E-state index contributed by atoms with van der Waals surface area (Å²) in [5.74, 6) is 1.81. The van der Waals surface area contributed by atoms with Gasteiger partial charge in [-0.15, -0.1) is 11.3 Å². The molecule has 6 rings (SSSR count). The van der Waals surface area contributed by atoms with E-state index in [9.17, 15) is 4.79 Å². The van der Waals surface area contributed by atoms with E-state index in [1.807, 2.05) is 35.4 Å². The van der Waals surface area contributed by atoms with E-state index in [0.717, 1.165) is 71.6 Å². The van der Waals surface area contributed by atoms with Crippen molar-refractivity contribution in [2.75, 3.05) is 49.5 Å². The average molecular weight is 581 g/mol. The molecule has 0 unspecified atom stereocenters. The van der Waals surface area contributed by atoms with Crippen LogP contribution in [0.25, 0.3) is 10.2 Å². The first-order chi connectivity index (χ1) is 19.0. The molecule has 1 aromatic carbocycles. The molecule has 3 aromatic heterocycles. The predicted octanol–water partition coefficient (Wildman–Crippen LogP) is 5.40. The van der Waals surface area contributed by atoms with Gasteiger partial charge in [0.2, 0.25) is 5.91 Å².